The van der Waals surface area contributed by atoms with Gasteiger partial charge in [-0.1, -0.05) is 17.7 Å². The second-order valence-electron chi connectivity index (χ2n) is 3.56. The predicted molar refractivity (Wildman–Crippen MR) is 70.2 cm³/mol. The van der Waals surface area contributed by atoms with E-state index >= 15 is 0 Å². The summed E-state index contributed by atoms with van der Waals surface area (Å²) >= 11 is 5.96. The van der Waals surface area contributed by atoms with Crippen molar-refractivity contribution >= 4 is 28.9 Å². The van der Waals surface area contributed by atoms with Crippen LogP contribution in [0, 0.1) is 0 Å². The van der Waals surface area contributed by atoms with Crippen LogP contribution < -0.4 is 11.1 Å². The lowest BCUT2D eigenvalue weighted by atomic mass is 10.2. The van der Waals surface area contributed by atoms with Crippen molar-refractivity contribution in [1.29, 1.82) is 0 Å². The molecule has 0 heterocycles. The number of carbonyl (C=O) groups is 1. The van der Waals surface area contributed by atoms with Crippen LogP contribution in [0.15, 0.2) is 18.2 Å². The summed E-state index contributed by atoms with van der Waals surface area (Å²) in [5.74, 6) is -0.0859. The molecule has 1 aromatic carbocycles. The molecule has 5 heteroatoms. The number of ether oxygens (including phenoxy) is 1. The van der Waals surface area contributed by atoms with E-state index in [0.29, 0.717) is 42.5 Å². The fraction of sp³-hybridized carbons (Fsp3) is 0.417. The molecule has 0 saturated heterocycles. The zero-order chi connectivity index (χ0) is 12.7. The van der Waals surface area contributed by atoms with Gasteiger partial charge in [0.1, 0.15) is 0 Å². The van der Waals surface area contributed by atoms with Crippen molar-refractivity contribution in [1.82, 2.24) is 0 Å². The number of hydrogen-bond donors (Lipinski definition) is 2. The molecule has 0 radical (unpaired) electrons. The van der Waals surface area contributed by atoms with Crippen molar-refractivity contribution in [3.63, 3.8) is 0 Å². The van der Waals surface area contributed by atoms with Gasteiger partial charge in [-0.3, -0.25) is 4.79 Å². The lowest BCUT2D eigenvalue weighted by Crippen LogP contribution is -2.12. The maximum Gasteiger partial charge on any atom is 0.224 e. The standard InChI is InChI=1S/C12H17ClN2O2/c1-2-17-8-4-7-11(16)15-10-6-3-5-9(14)12(10)13/h3,5-6H,2,4,7-8,14H2,1H3,(H,15,16). The van der Waals surface area contributed by atoms with Gasteiger partial charge in [0.05, 0.1) is 16.4 Å². The Morgan fingerprint density at radius 1 is 1.53 bits per heavy atom. The number of benzene rings is 1. The molecule has 0 aliphatic carbocycles. The summed E-state index contributed by atoms with van der Waals surface area (Å²) in [4.78, 5) is 11.6. The molecule has 0 saturated carbocycles. The van der Waals surface area contributed by atoms with Crippen LogP contribution in [0.25, 0.3) is 0 Å². The Kier molecular flexibility index (Phi) is 5.80. The third kappa shape index (κ3) is 4.63. The third-order valence-corrected chi connectivity index (χ3v) is 2.62. The number of halogens is 1. The number of nitrogen functional groups attached to an aromatic ring is 1. The number of anilines is 2. The first-order valence-corrected chi connectivity index (χ1v) is 5.94. The Morgan fingerprint density at radius 2 is 2.29 bits per heavy atom. The molecule has 0 aliphatic heterocycles. The van der Waals surface area contributed by atoms with Crippen LogP contribution in [0.2, 0.25) is 5.02 Å². The highest BCUT2D eigenvalue weighted by Crippen LogP contribution is 2.27. The topological polar surface area (TPSA) is 64.3 Å². The molecule has 0 fully saturated rings. The molecule has 0 aromatic heterocycles. The highest BCUT2D eigenvalue weighted by Gasteiger charge is 2.07. The first-order valence-electron chi connectivity index (χ1n) is 5.56. The SMILES string of the molecule is CCOCCCC(=O)Nc1cccc(N)c1Cl. The smallest absolute Gasteiger partial charge is 0.224 e. The average Bonchev–Trinajstić information content (AvgIpc) is 2.31. The van der Waals surface area contributed by atoms with E-state index < -0.39 is 0 Å². The summed E-state index contributed by atoms with van der Waals surface area (Å²) in [6, 6.07) is 5.16. The van der Waals surface area contributed by atoms with E-state index in [1.807, 2.05) is 6.92 Å². The number of rotatable bonds is 6. The van der Waals surface area contributed by atoms with Gasteiger partial charge in [0, 0.05) is 19.6 Å². The van der Waals surface area contributed by atoms with Gasteiger partial charge >= 0.3 is 0 Å². The highest BCUT2D eigenvalue weighted by atomic mass is 35.5. The summed E-state index contributed by atoms with van der Waals surface area (Å²) < 4.78 is 5.15. The van der Waals surface area contributed by atoms with Crippen molar-refractivity contribution in [2.24, 2.45) is 0 Å². The molecule has 0 atom stereocenters. The number of nitrogens with two attached hydrogens (primary N) is 1. The molecular formula is C12H17ClN2O2. The van der Waals surface area contributed by atoms with Crippen molar-refractivity contribution in [3.8, 4) is 0 Å². The first-order chi connectivity index (χ1) is 8.15. The maximum atomic E-state index is 11.6. The van der Waals surface area contributed by atoms with Crippen LogP contribution in [0.4, 0.5) is 11.4 Å². The van der Waals surface area contributed by atoms with Crippen LogP contribution in [0.1, 0.15) is 19.8 Å². The van der Waals surface area contributed by atoms with Gasteiger partial charge in [-0.2, -0.15) is 0 Å². The Morgan fingerprint density at radius 3 is 3.00 bits per heavy atom. The molecule has 94 valence electrons. The Labute approximate surface area is 106 Å². The number of nitrogens with one attached hydrogen (secondary N) is 1. The van der Waals surface area contributed by atoms with Gasteiger partial charge in [0.2, 0.25) is 5.91 Å². The fourth-order valence-corrected chi connectivity index (χ4v) is 1.51. The molecule has 3 N–H and O–H groups in total. The summed E-state index contributed by atoms with van der Waals surface area (Å²) in [5.41, 5.74) is 6.64. The molecule has 1 amide bonds. The highest BCUT2D eigenvalue weighted by molar-refractivity contribution is 6.36. The molecule has 17 heavy (non-hydrogen) atoms. The second-order valence-corrected chi connectivity index (χ2v) is 3.94. The summed E-state index contributed by atoms with van der Waals surface area (Å²) in [6.45, 7) is 3.18. The van der Waals surface area contributed by atoms with Crippen molar-refractivity contribution in [2.45, 2.75) is 19.8 Å². The zero-order valence-corrected chi connectivity index (χ0v) is 10.6. The minimum atomic E-state index is -0.0859. The summed E-state index contributed by atoms with van der Waals surface area (Å²) in [7, 11) is 0. The van der Waals surface area contributed by atoms with Gasteiger partial charge in [-0.15, -0.1) is 0 Å². The Bertz CT molecular complexity index is 383. The summed E-state index contributed by atoms with van der Waals surface area (Å²) in [6.07, 6.45) is 1.10. The van der Waals surface area contributed by atoms with Crippen LogP contribution in [-0.2, 0) is 9.53 Å². The molecule has 0 spiro atoms. The van der Waals surface area contributed by atoms with Gasteiger partial charge in [0.15, 0.2) is 0 Å². The largest absolute Gasteiger partial charge is 0.397 e. The quantitative estimate of drug-likeness (QED) is 0.608. The van der Waals surface area contributed by atoms with Crippen molar-refractivity contribution < 1.29 is 9.53 Å². The minimum absolute atomic E-state index is 0.0859. The third-order valence-electron chi connectivity index (χ3n) is 2.20. The van der Waals surface area contributed by atoms with Crippen LogP contribution in [0.3, 0.4) is 0 Å². The molecule has 4 nitrogen and oxygen atoms in total. The van der Waals surface area contributed by atoms with Crippen molar-refractivity contribution in [3.05, 3.63) is 23.2 Å². The van der Waals surface area contributed by atoms with Gasteiger partial charge in [0.25, 0.3) is 0 Å². The fourth-order valence-electron chi connectivity index (χ4n) is 1.34. The van der Waals surface area contributed by atoms with E-state index in [1.54, 1.807) is 18.2 Å². The average molecular weight is 257 g/mol. The molecular weight excluding hydrogens is 240 g/mol. The number of hydrogen-bond acceptors (Lipinski definition) is 3. The van der Waals surface area contributed by atoms with Crippen LogP contribution >= 0.6 is 11.6 Å². The van der Waals surface area contributed by atoms with E-state index in [-0.39, 0.29) is 5.91 Å². The monoisotopic (exact) mass is 256 g/mol. The van der Waals surface area contributed by atoms with Gasteiger partial charge in [-0.25, -0.2) is 0 Å². The van der Waals surface area contributed by atoms with Crippen molar-refractivity contribution in [2.75, 3.05) is 24.3 Å². The zero-order valence-electron chi connectivity index (χ0n) is 9.83. The van der Waals surface area contributed by atoms with E-state index in [2.05, 4.69) is 5.32 Å². The van der Waals surface area contributed by atoms with E-state index in [4.69, 9.17) is 22.1 Å². The lowest BCUT2D eigenvalue weighted by molar-refractivity contribution is -0.116. The van der Waals surface area contributed by atoms with Gasteiger partial charge < -0.3 is 15.8 Å². The predicted octanol–water partition coefficient (Wildman–Crippen LogP) is 2.68. The van der Waals surface area contributed by atoms with E-state index in [1.165, 1.54) is 0 Å². The van der Waals surface area contributed by atoms with E-state index in [9.17, 15) is 4.79 Å². The van der Waals surface area contributed by atoms with E-state index in [0.717, 1.165) is 0 Å². The molecule has 0 unspecified atom stereocenters. The van der Waals surface area contributed by atoms with Gasteiger partial charge in [-0.05, 0) is 25.5 Å². The Hall–Kier alpha value is -1.26. The maximum absolute atomic E-state index is 11.6. The first kappa shape index (κ1) is 13.8. The second kappa shape index (κ2) is 7.14. The molecule has 0 bridgehead atoms. The minimum Gasteiger partial charge on any atom is -0.397 e. The number of carbonyl (C=O) groups excluding carboxylic acids is 1. The van der Waals surface area contributed by atoms with Crippen LogP contribution in [0.5, 0.6) is 0 Å². The lowest BCUT2D eigenvalue weighted by Gasteiger charge is -2.08. The van der Waals surface area contributed by atoms with Crippen LogP contribution in [-0.4, -0.2) is 19.1 Å². The molecule has 0 aliphatic rings. The Balaban J connectivity index is 2.43. The molecule has 1 aromatic rings. The summed E-state index contributed by atoms with van der Waals surface area (Å²) in [5, 5.41) is 3.10. The number of amides is 1. The normalized spacial score (nSPS) is 10.2. The molecule has 1 rings (SSSR count).